The Hall–Kier alpha value is -1.40. The molecule has 6 heteroatoms. The predicted octanol–water partition coefficient (Wildman–Crippen LogP) is 1.51. The number of anilines is 1. The molecule has 3 heterocycles. The Labute approximate surface area is 125 Å². The summed E-state index contributed by atoms with van der Waals surface area (Å²) in [7, 11) is -0.411. The lowest BCUT2D eigenvalue weighted by Gasteiger charge is -2.32. The molecule has 0 aliphatic carbocycles. The summed E-state index contributed by atoms with van der Waals surface area (Å²) < 4.78 is 12.0. The number of hydrogen-bond donors (Lipinski definition) is 0. The molecule has 0 radical (unpaired) electrons. The quantitative estimate of drug-likeness (QED) is 0.774. The van der Waals surface area contributed by atoms with Gasteiger partial charge in [0.05, 0.1) is 11.2 Å². The van der Waals surface area contributed by atoms with Crippen molar-refractivity contribution in [1.29, 1.82) is 0 Å². The van der Waals surface area contributed by atoms with Gasteiger partial charge in [-0.2, -0.15) is 0 Å². The van der Waals surface area contributed by atoms with Crippen molar-refractivity contribution in [2.75, 3.05) is 11.4 Å². The van der Waals surface area contributed by atoms with Crippen molar-refractivity contribution in [2.24, 2.45) is 0 Å². The molecule has 2 aliphatic rings. The Bertz CT molecular complexity index is 541. The number of nitrogens with zero attached hydrogens (tertiary/aromatic N) is 2. The van der Waals surface area contributed by atoms with Crippen LogP contribution in [0.5, 0.6) is 0 Å². The first-order valence-electron chi connectivity index (χ1n) is 7.42. The van der Waals surface area contributed by atoms with Gasteiger partial charge in [-0.15, -0.1) is 0 Å². The molecule has 0 saturated carbocycles. The van der Waals surface area contributed by atoms with E-state index in [0.717, 1.165) is 18.4 Å². The molecule has 1 aromatic rings. The first kappa shape index (κ1) is 14.5. The molecule has 2 aliphatic heterocycles. The van der Waals surface area contributed by atoms with E-state index in [2.05, 4.69) is 4.98 Å². The van der Waals surface area contributed by atoms with Crippen LogP contribution in [0.3, 0.4) is 0 Å². The van der Waals surface area contributed by atoms with Crippen LogP contribution in [-0.2, 0) is 14.1 Å². The minimum absolute atomic E-state index is 0.144. The number of carbonyl (C=O) groups is 1. The zero-order valence-corrected chi connectivity index (χ0v) is 13.0. The molecule has 2 fully saturated rings. The average Bonchev–Trinajstić information content (AvgIpc) is 2.92. The van der Waals surface area contributed by atoms with Crippen LogP contribution in [0.25, 0.3) is 0 Å². The molecule has 0 N–H and O–H groups in total. The second kappa shape index (κ2) is 4.82. The van der Waals surface area contributed by atoms with Crippen LogP contribution in [0.4, 0.5) is 5.82 Å². The fourth-order valence-electron chi connectivity index (χ4n) is 2.57. The molecular weight excluding hydrogens is 267 g/mol. The number of amides is 1. The third-order valence-corrected chi connectivity index (χ3v) is 4.65. The van der Waals surface area contributed by atoms with Crippen molar-refractivity contribution in [3.63, 3.8) is 0 Å². The zero-order chi connectivity index (χ0) is 15.3. The van der Waals surface area contributed by atoms with Gasteiger partial charge in [-0.3, -0.25) is 9.69 Å². The molecule has 0 spiro atoms. The highest BCUT2D eigenvalue weighted by atomic mass is 16.7. The van der Waals surface area contributed by atoms with E-state index in [1.54, 1.807) is 11.1 Å². The van der Waals surface area contributed by atoms with Crippen LogP contribution < -0.4 is 10.4 Å². The van der Waals surface area contributed by atoms with E-state index >= 15 is 0 Å². The minimum Gasteiger partial charge on any atom is -0.399 e. The van der Waals surface area contributed by atoms with Gasteiger partial charge in [0.15, 0.2) is 0 Å². The summed E-state index contributed by atoms with van der Waals surface area (Å²) in [5, 5.41) is 0. The Morgan fingerprint density at radius 1 is 1.19 bits per heavy atom. The molecule has 21 heavy (non-hydrogen) atoms. The van der Waals surface area contributed by atoms with E-state index < -0.39 is 7.12 Å². The van der Waals surface area contributed by atoms with Crippen LogP contribution in [0.1, 0.15) is 40.5 Å². The summed E-state index contributed by atoms with van der Waals surface area (Å²) in [5.74, 6) is 0.851. The number of carbonyl (C=O) groups excluding carboxylic acids is 1. The zero-order valence-electron chi connectivity index (χ0n) is 13.0. The normalized spacial score (nSPS) is 23.9. The molecule has 0 aromatic carbocycles. The molecule has 2 saturated heterocycles. The van der Waals surface area contributed by atoms with E-state index in [9.17, 15) is 4.79 Å². The van der Waals surface area contributed by atoms with Crippen molar-refractivity contribution < 1.29 is 14.1 Å². The average molecular weight is 288 g/mol. The van der Waals surface area contributed by atoms with E-state index in [-0.39, 0.29) is 17.1 Å². The molecule has 0 unspecified atom stereocenters. The standard InChI is InChI=1S/C15H21BN2O3/c1-14(2)15(3,4)21-16(20-14)11-7-8-12(17-10-11)18-9-5-6-13(18)19/h7-8,10H,5-6,9H2,1-4H3. The van der Waals surface area contributed by atoms with Gasteiger partial charge in [0.1, 0.15) is 5.82 Å². The van der Waals surface area contributed by atoms with E-state index in [0.29, 0.717) is 12.2 Å². The maximum Gasteiger partial charge on any atom is 0.496 e. The maximum atomic E-state index is 11.7. The Balaban J connectivity index is 1.78. The lowest BCUT2D eigenvalue weighted by Crippen LogP contribution is -2.41. The smallest absolute Gasteiger partial charge is 0.399 e. The first-order chi connectivity index (χ1) is 9.80. The van der Waals surface area contributed by atoms with Gasteiger partial charge in [-0.1, -0.05) is 6.07 Å². The highest BCUT2D eigenvalue weighted by molar-refractivity contribution is 6.62. The Kier molecular flexibility index (Phi) is 3.33. The van der Waals surface area contributed by atoms with E-state index in [4.69, 9.17) is 9.31 Å². The van der Waals surface area contributed by atoms with Gasteiger partial charge in [0.25, 0.3) is 0 Å². The van der Waals surface area contributed by atoms with Crippen molar-refractivity contribution in [3.8, 4) is 0 Å². The van der Waals surface area contributed by atoms with Crippen molar-refractivity contribution in [1.82, 2.24) is 4.98 Å². The predicted molar refractivity (Wildman–Crippen MR) is 81.5 cm³/mol. The van der Waals surface area contributed by atoms with Gasteiger partial charge in [0, 0.05) is 24.6 Å². The van der Waals surface area contributed by atoms with Crippen LogP contribution in [0.15, 0.2) is 18.3 Å². The molecule has 0 bridgehead atoms. The monoisotopic (exact) mass is 288 g/mol. The lowest BCUT2D eigenvalue weighted by molar-refractivity contribution is -0.117. The second-order valence-corrected chi connectivity index (χ2v) is 6.69. The molecule has 1 amide bonds. The Morgan fingerprint density at radius 3 is 2.33 bits per heavy atom. The summed E-state index contributed by atoms with van der Waals surface area (Å²) in [6.45, 7) is 8.85. The van der Waals surface area contributed by atoms with E-state index in [1.165, 1.54) is 0 Å². The first-order valence-corrected chi connectivity index (χ1v) is 7.42. The summed E-state index contributed by atoms with van der Waals surface area (Å²) >= 11 is 0. The maximum absolute atomic E-state index is 11.7. The molecule has 3 rings (SSSR count). The number of aromatic nitrogens is 1. The molecule has 0 atom stereocenters. The fourth-order valence-corrected chi connectivity index (χ4v) is 2.57. The van der Waals surface area contributed by atoms with Crippen LogP contribution in [-0.4, -0.2) is 35.8 Å². The fraction of sp³-hybridized carbons (Fsp3) is 0.600. The number of pyridine rings is 1. The van der Waals surface area contributed by atoms with Crippen LogP contribution in [0.2, 0.25) is 0 Å². The SMILES string of the molecule is CC1(C)OB(c2ccc(N3CCCC3=O)nc2)OC1(C)C. The minimum atomic E-state index is -0.411. The third kappa shape index (κ3) is 2.47. The summed E-state index contributed by atoms with van der Waals surface area (Å²) in [5.41, 5.74) is 0.159. The van der Waals surface area contributed by atoms with Crippen molar-refractivity contribution in [2.45, 2.75) is 51.7 Å². The number of rotatable bonds is 2. The van der Waals surface area contributed by atoms with Crippen molar-refractivity contribution in [3.05, 3.63) is 18.3 Å². The summed E-state index contributed by atoms with van der Waals surface area (Å²) in [6, 6.07) is 3.79. The highest BCUT2D eigenvalue weighted by Gasteiger charge is 2.51. The molecular formula is C15H21BN2O3. The van der Waals surface area contributed by atoms with Crippen LogP contribution in [0, 0.1) is 0 Å². The van der Waals surface area contributed by atoms with E-state index in [1.807, 2.05) is 39.8 Å². The summed E-state index contributed by atoms with van der Waals surface area (Å²) in [4.78, 5) is 17.8. The Morgan fingerprint density at radius 2 is 1.86 bits per heavy atom. The van der Waals surface area contributed by atoms with Gasteiger partial charge in [-0.05, 0) is 40.2 Å². The molecule has 112 valence electrons. The topological polar surface area (TPSA) is 51.7 Å². The highest BCUT2D eigenvalue weighted by Crippen LogP contribution is 2.36. The largest absolute Gasteiger partial charge is 0.496 e. The number of hydrogen-bond acceptors (Lipinski definition) is 4. The van der Waals surface area contributed by atoms with Gasteiger partial charge in [0.2, 0.25) is 5.91 Å². The van der Waals surface area contributed by atoms with Crippen molar-refractivity contribution >= 4 is 24.3 Å². The van der Waals surface area contributed by atoms with Gasteiger partial charge < -0.3 is 9.31 Å². The second-order valence-electron chi connectivity index (χ2n) is 6.69. The molecule has 5 nitrogen and oxygen atoms in total. The molecule has 1 aromatic heterocycles. The third-order valence-electron chi connectivity index (χ3n) is 4.65. The van der Waals surface area contributed by atoms with Gasteiger partial charge >= 0.3 is 7.12 Å². The van der Waals surface area contributed by atoms with Crippen LogP contribution >= 0.6 is 0 Å². The van der Waals surface area contributed by atoms with Gasteiger partial charge in [-0.25, -0.2) is 4.98 Å². The lowest BCUT2D eigenvalue weighted by atomic mass is 9.80. The summed E-state index contributed by atoms with van der Waals surface area (Å²) in [6.07, 6.45) is 3.25.